The third kappa shape index (κ3) is 8.25. The van der Waals surface area contributed by atoms with Gasteiger partial charge in [0.15, 0.2) is 0 Å². The first kappa shape index (κ1) is 18.2. The molecule has 1 atom stereocenters. The number of halogens is 1. The predicted molar refractivity (Wildman–Crippen MR) is 91.6 cm³/mol. The second-order valence-electron chi connectivity index (χ2n) is 5.78. The van der Waals surface area contributed by atoms with Gasteiger partial charge in [-0.2, -0.15) is 0 Å². The van der Waals surface area contributed by atoms with Gasteiger partial charge < -0.3 is 5.11 Å². The number of unbranched alkanes of at least 4 members (excludes halogenated alkanes) is 6. The van der Waals surface area contributed by atoms with Crippen molar-refractivity contribution < 1.29 is 9.90 Å². The van der Waals surface area contributed by atoms with E-state index in [0.717, 1.165) is 29.3 Å². The number of carboxylic acids is 1. The Morgan fingerprint density at radius 2 is 1.62 bits per heavy atom. The van der Waals surface area contributed by atoms with Gasteiger partial charge in [0.2, 0.25) is 0 Å². The highest BCUT2D eigenvalue weighted by atomic mass is 79.9. The van der Waals surface area contributed by atoms with E-state index in [1.54, 1.807) is 0 Å². The van der Waals surface area contributed by atoms with Crippen LogP contribution in [0.4, 0.5) is 0 Å². The molecule has 1 rings (SSSR count). The molecule has 0 aliphatic carbocycles. The average Bonchev–Trinajstić information content (AvgIpc) is 2.47. The predicted octanol–water partition coefficient (Wildman–Crippen LogP) is 5.83. The minimum absolute atomic E-state index is 0.248. The summed E-state index contributed by atoms with van der Waals surface area (Å²) in [5.74, 6) is -0.911. The molecule has 0 saturated heterocycles. The smallest absolute Gasteiger partial charge is 0.306 e. The van der Waals surface area contributed by atoms with E-state index in [1.807, 2.05) is 24.3 Å². The van der Waals surface area contributed by atoms with Crippen molar-refractivity contribution in [2.24, 2.45) is 5.92 Å². The number of benzene rings is 1. The largest absolute Gasteiger partial charge is 0.481 e. The molecular weight excluding hydrogens is 328 g/mol. The lowest BCUT2D eigenvalue weighted by atomic mass is 9.93. The van der Waals surface area contributed by atoms with Gasteiger partial charge in [-0.25, -0.2) is 0 Å². The number of carbonyl (C=O) groups is 1. The molecule has 3 heteroatoms. The standard InChI is InChI=1S/C18H27BrO2/c1-2-3-4-5-6-7-8-9-16(18(20)21)14-15-10-12-17(19)13-11-15/h10-13,16H,2-9,14H2,1H3,(H,20,21). The van der Waals surface area contributed by atoms with Crippen molar-refractivity contribution in [2.45, 2.75) is 64.7 Å². The summed E-state index contributed by atoms with van der Waals surface area (Å²) in [5.41, 5.74) is 1.11. The molecule has 118 valence electrons. The maximum absolute atomic E-state index is 11.4. The molecular formula is C18H27BrO2. The van der Waals surface area contributed by atoms with Crippen LogP contribution in [0.25, 0.3) is 0 Å². The number of aliphatic carboxylic acids is 1. The fourth-order valence-electron chi connectivity index (χ4n) is 2.57. The molecule has 0 heterocycles. The normalized spacial score (nSPS) is 12.3. The third-order valence-electron chi connectivity index (χ3n) is 3.90. The fourth-order valence-corrected chi connectivity index (χ4v) is 2.83. The summed E-state index contributed by atoms with van der Waals surface area (Å²) in [6.07, 6.45) is 10.1. The second kappa shape index (κ2) is 10.8. The van der Waals surface area contributed by atoms with Gasteiger partial charge in [-0.05, 0) is 30.5 Å². The summed E-state index contributed by atoms with van der Waals surface area (Å²) in [4.78, 5) is 11.4. The van der Waals surface area contributed by atoms with Gasteiger partial charge in [0.25, 0.3) is 0 Å². The molecule has 0 spiro atoms. The molecule has 0 bridgehead atoms. The molecule has 0 amide bonds. The Labute approximate surface area is 137 Å². The van der Waals surface area contributed by atoms with E-state index >= 15 is 0 Å². The van der Waals surface area contributed by atoms with Crippen molar-refractivity contribution in [1.29, 1.82) is 0 Å². The lowest BCUT2D eigenvalue weighted by molar-refractivity contribution is -0.142. The number of rotatable bonds is 11. The zero-order chi connectivity index (χ0) is 15.5. The Bertz CT molecular complexity index is 400. The van der Waals surface area contributed by atoms with Crippen LogP contribution in [0, 0.1) is 5.92 Å². The van der Waals surface area contributed by atoms with Gasteiger partial charge in [0, 0.05) is 4.47 Å². The first-order valence-corrected chi connectivity index (χ1v) is 8.90. The minimum atomic E-state index is -0.663. The van der Waals surface area contributed by atoms with Crippen LogP contribution >= 0.6 is 15.9 Å². The van der Waals surface area contributed by atoms with Gasteiger partial charge >= 0.3 is 5.97 Å². The maximum atomic E-state index is 11.4. The van der Waals surface area contributed by atoms with Crippen molar-refractivity contribution >= 4 is 21.9 Å². The van der Waals surface area contributed by atoms with Crippen LogP contribution in [0.2, 0.25) is 0 Å². The molecule has 0 aliphatic heterocycles. The van der Waals surface area contributed by atoms with E-state index in [2.05, 4.69) is 22.9 Å². The van der Waals surface area contributed by atoms with Crippen molar-refractivity contribution in [3.63, 3.8) is 0 Å². The lowest BCUT2D eigenvalue weighted by Crippen LogP contribution is -2.16. The molecule has 0 aromatic heterocycles. The highest BCUT2D eigenvalue weighted by Crippen LogP contribution is 2.19. The fraction of sp³-hybridized carbons (Fsp3) is 0.611. The topological polar surface area (TPSA) is 37.3 Å². The molecule has 0 aliphatic rings. The average molecular weight is 355 g/mol. The van der Waals surface area contributed by atoms with E-state index in [1.165, 1.54) is 32.1 Å². The highest BCUT2D eigenvalue weighted by molar-refractivity contribution is 9.10. The summed E-state index contributed by atoms with van der Waals surface area (Å²) in [5, 5.41) is 9.35. The Balaban J connectivity index is 2.27. The first-order chi connectivity index (χ1) is 10.1. The molecule has 21 heavy (non-hydrogen) atoms. The Morgan fingerprint density at radius 1 is 1.05 bits per heavy atom. The molecule has 0 radical (unpaired) electrons. The third-order valence-corrected chi connectivity index (χ3v) is 4.43. The summed E-state index contributed by atoms with van der Waals surface area (Å²) < 4.78 is 1.03. The van der Waals surface area contributed by atoms with Crippen LogP contribution in [-0.4, -0.2) is 11.1 Å². The molecule has 0 saturated carbocycles. The van der Waals surface area contributed by atoms with Gasteiger partial charge in [0.05, 0.1) is 5.92 Å². The molecule has 2 nitrogen and oxygen atoms in total. The number of carboxylic acid groups (broad SMARTS) is 1. The van der Waals surface area contributed by atoms with Crippen LogP contribution in [0.3, 0.4) is 0 Å². The van der Waals surface area contributed by atoms with Crippen molar-refractivity contribution in [2.75, 3.05) is 0 Å². The minimum Gasteiger partial charge on any atom is -0.481 e. The molecule has 0 fully saturated rings. The van der Waals surface area contributed by atoms with Gasteiger partial charge in [0.1, 0.15) is 0 Å². The van der Waals surface area contributed by atoms with Crippen LogP contribution in [0.15, 0.2) is 28.7 Å². The monoisotopic (exact) mass is 354 g/mol. The van der Waals surface area contributed by atoms with Crippen LogP contribution < -0.4 is 0 Å². The number of hydrogen-bond donors (Lipinski definition) is 1. The first-order valence-electron chi connectivity index (χ1n) is 8.10. The Morgan fingerprint density at radius 3 is 2.19 bits per heavy atom. The van der Waals surface area contributed by atoms with Gasteiger partial charge in [-0.1, -0.05) is 79.9 Å². The SMILES string of the molecule is CCCCCCCCCC(Cc1ccc(Br)cc1)C(=O)O. The van der Waals surface area contributed by atoms with E-state index in [-0.39, 0.29) is 5.92 Å². The van der Waals surface area contributed by atoms with Crippen LogP contribution in [-0.2, 0) is 11.2 Å². The zero-order valence-corrected chi connectivity index (χ0v) is 14.6. The summed E-state index contributed by atoms with van der Waals surface area (Å²) in [6.45, 7) is 2.22. The Kier molecular flexibility index (Phi) is 9.40. The van der Waals surface area contributed by atoms with Gasteiger partial charge in [-0.15, -0.1) is 0 Å². The highest BCUT2D eigenvalue weighted by Gasteiger charge is 2.17. The van der Waals surface area contributed by atoms with E-state index in [4.69, 9.17) is 0 Å². The van der Waals surface area contributed by atoms with Gasteiger partial charge in [-0.3, -0.25) is 4.79 Å². The second-order valence-corrected chi connectivity index (χ2v) is 6.69. The molecule has 1 N–H and O–H groups in total. The lowest BCUT2D eigenvalue weighted by Gasteiger charge is -2.12. The number of hydrogen-bond acceptors (Lipinski definition) is 1. The van der Waals surface area contributed by atoms with Crippen molar-refractivity contribution in [1.82, 2.24) is 0 Å². The summed E-state index contributed by atoms with van der Waals surface area (Å²) in [6, 6.07) is 7.96. The van der Waals surface area contributed by atoms with E-state index < -0.39 is 5.97 Å². The molecule has 1 unspecified atom stereocenters. The Hall–Kier alpha value is -0.830. The van der Waals surface area contributed by atoms with Crippen molar-refractivity contribution in [3.8, 4) is 0 Å². The van der Waals surface area contributed by atoms with Crippen LogP contribution in [0.1, 0.15) is 63.9 Å². The zero-order valence-electron chi connectivity index (χ0n) is 13.0. The maximum Gasteiger partial charge on any atom is 0.306 e. The van der Waals surface area contributed by atoms with E-state index in [0.29, 0.717) is 6.42 Å². The van der Waals surface area contributed by atoms with Crippen LogP contribution in [0.5, 0.6) is 0 Å². The quantitative estimate of drug-likeness (QED) is 0.507. The summed E-state index contributed by atoms with van der Waals surface area (Å²) in [7, 11) is 0. The van der Waals surface area contributed by atoms with Crippen molar-refractivity contribution in [3.05, 3.63) is 34.3 Å². The summed E-state index contributed by atoms with van der Waals surface area (Å²) >= 11 is 3.40. The molecule has 1 aromatic carbocycles. The molecule has 1 aromatic rings. The van der Waals surface area contributed by atoms with E-state index in [9.17, 15) is 9.90 Å².